The molecule has 0 aromatic heterocycles. The lowest BCUT2D eigenvalue weighted by atomic mass is 10.0. The lowest BCUT2D eigenvalue weighted by Gasteiger charge is -2.09. The Labute approximate surface area is 84.9 Å². The van der Waals surface area contributed by atoms with Crippen molar-refractivity contribution in [3.8, 4) is 0 Å². The number of ketones is 1. The third-order valence-corrected chi connectivity index (χ3v) is 2.04. The van der Waals surface area contributed by atoms with Gasteiger partial charge in [0, 0.05) is 5.56 Å². The number of carbonyl (C=O) groups is 1. The van der Waals surface area contributed by atoms with Gasteiger partial charge >= 0.3 is 6.18 Å². The van der Waals surface area contributed by atoms with E-state index in [1.807, 2.05) is 0 Å². The molecule has 0 aliphatic carbocycles. The zero-order chi connectivity index (χ0) is 11.6. The summed E-state index contributed by atoms with van der Waals surface area (Å²) in [5.74, 6) is -0.360. The lowest BCUT2D eigenvalue weighted by Crippen LogP contribution is -2.15. The second-order valence-corrected chi connectivity index (χ2v) is 3.15. The van der Waals surface area contributed by atoms with Crippen molar-refractivity contribution in [3.63, 3.8) is 0 Å². The van der Waals surface area contributed by atoms with Crippen LogP contribution in [0.25, 0.3) is 0 Å². The largest absolute Gasteiger partial charge is 0.416 e. The average Bonchev–Trinajstić information content (AvgIpc) is 2.15. The molecule has 0 bridgehead atoms. The van der Waals surface area contributed by atoms with E-state index in [0.717, 1.165) is 18.2 Å². The predicted octanol–water partition coefficient (Wildman–Crippen LogP) is 2.16. The van der Waals surface area contributed by atoms with E-state index in [-0.39, 0.29) is 17.9 Å². The molecule has 1 aromatic carbocycles. The molecule has 82 valence electrons. The quantitative estimate of drug-likeness (QED) is 0.771. The summed E-state index contributed by atoms with van der Waals surface area (Å²) in [5, 5.41) is 0. The molecule has 0 radical (unpaired) electrons. The Morgan fingerprint density at radius 1 is 1.40 bits per heavy atom. The van der Waals surface area contributed by atoms with Gasteiger partial charge in [0.15, 0.2) is 5.78 Å². The second-order valence-electron chi connectivity index (χ2n) is 3.15. The number of aryl methyl sites for hydroxylation is 1. The van der Waals surface area contributed by atoms with Crippen molar-refractivity contribution >= 4 is 5.78 Å². The van der Waals surface area contributed by atoms with Gasteiger partial charge in [-0.15, -0.1) is 0 Å². The van der Waals surface area contributed by atoms with Gasteiger partial charge in [-0.25, -0.2) is 0 Å². The smallest absolute Gasteiger partial charge is 0.324 e. The Balaban J connectivity index is 3.15. The Hall–Kier alpha value is -1.36. The van der Waals surface area contributed by atoms with Gasteiger partial charge in [-0.3, -0.25) is 4.79 Å². The molecule has 2 N–H and O–H groups in total. The van der Waals surface area contributed by atoms with Crippen LogP contribution in [0, 0.1) is 6.92 Å². The molecule has 0 atom stereocenters. The molecule has 0 saturated heterocycles. The number of hydrogen-bond donors (Lipinski definition) is 1. The second kappa shape index (κ2) is 4.02. The molecule has 0 saturated carbocycles. The van der Waals surface area contributed by atoms with Crippen LogP contribution in [0.3, 0.4) is 0 Å². The van der Waals surface area contributed by atoms with Crippen molar-refractivity contribution in [1.82, 2.24) is 0 Å². The summed E-state index contributed by atoms with van der Waals surface area (Å²) in [6, 6.07) is 2.99. The van der Waals surface area contributed by atoms with Gasteiger partial charge in [0.05, 0.1) is 12.1 Å². The molecular formula is C10H10F3NO. The molecule has 0 spiro atoms. The van der Waals surface area contributed by atoms with Crippen molar-refractivity contribution in [2.24, 2.45) is 5.73 Å². The highest BCUT2D eigenvalue weighted by Crippen LogP contribution is 2.30. The fraction of sp³-hybridized carbons (Fsp3) is 0.300. The van der Waals surface area contributed by atoms with Crippen molar-refractivity contribution in [2.45, 2.75) is 13.1 Å². The maximum Gasteiger partial charge on any atom is 0.416 e. The van der Waals surface area contributed by atoms with Crippen LogP contribution in [-0.4, -0.2) is 12.3 Å². The molecule has 1 aromatic rings. The van der Waals surface area contributed by atoms with Crippen molar-refractivity contribution < 1.29 is 18.0 Å². The first-order valence-corrected chi connectivity index (χ1v) is 4.27. The molecule has 0 unspecified atom stereocenters. The number of Topliss-reactive ketones (excluding diaryl/α,β-unsaturated/α-hetero) is 1. The van der Waals surface area contributed by atoms with Crippen molar-refractivity contribution in [3.05, 3.63) is 34.9 Å². The van der Waals surface area contributed by atoms with Gasteiger partial charge in [0.1, 0.15) is 0 Å². The molecule has 0 heterocycles. The fourth-order valence-corrected chi connectivity index (χ4v) is 1.26. The number of halogens is 3. The topological polar surface area (TPSA) is 43.1 Å². The standard InChI is InChI=1S/C10H10F3NO/c1-6-4-7(10(11,12)13)2-3-8(6)9(15)5-14/h2-4H,5,14H2,1H3. The van der Waals surface area contributed by atoms with E-state index in [2.05, 4.69) is 0 Å². The first kappa shape index (κ1) is 11.7. The molecule has 0 aliphatic rings. The molecule has 2 nitrogen and oxygen atoms in total. The lowest BCUT2D eigenvalue weighted by molar-refractivity contribution is -0.137. The number of benzene rings is 1. The van der Waals surface area contributed by atoms with Crippen LogP contribution in [0.5, 0.6) is 0 Å². The monoisotopic (exact) mass is 217 g/mol. The Bertz CT molecular complexity index is 385. The number of alkyl halides is 3. The van der Waals surface area contributed by atoms with E-state index in [1.165, 1.54) is 6.92 Å². The highest BCUT2D eigenvalue weighted by atomic mass is 19.4. The van der Waals surface area contributed by atoms with E-state index < -0.39 is 11.7 Å². The summed E-state index contributed by atoms with van der Waals surface area (Å²) in [6.45, 7) is 1.25. The molecule has 1 rings (SSSR count). The molecule has 0 amide bonds. The van der Waals surface area contributed by atoms with E-state index >= 15 is 0 Å². The highest BCUT2D eigenvalue weighted by Gasteiger charge is 2.30. The van der Waals surface area contributed by atoms with Gasteiger partial charge < -0.3 is 5.73 Å². The third-order valence-electron chi connectivity index (χ3n) is 2.04. The van der Waals surface area contributed by atoms with Crippen LogP contribution < -0.4 is 5.73 Å². The van der Waals surface area contributed by atoms with E-state index in [4.69, 9.17) is 5.73 Å². The summed E-state index contributed by atoms with van der Waals surface area (Å²) in [4.78, 5) is 11.2. The average molecular weight is 217 g/mol. The minimum Gasteiger partial charge on any atom is -0.324 e. The predicted molar refractivity (Wildman–Crippen MR) is 49.6 cm³/mol. The summed E-state index contributed by atoms with van der Waals surface area (Å²) in [6.07, 6.45) is -4.38. The minimum absolute atomic E-state index is 0.202. The zero-order valence-corrected chi connectivity index (χ0v) is 8.06. The Kier molecular flexibility index (Phi) is 3.14. The Morgan fingerprint density at radius 2 is 2.00 bits per heavy atom. The normalized spacial score (nSPS) is 11.5. The molecule has 5 heteroatoms. The molecule has 0 aliphatic heterocycles. The SMILES string of the molecule is Cc1cc(C(F)(F)F)ccc1C(=O)CN. The van der Waals surface area contributed by atoms with Gasteiger partial charge in [0.2, 0.25) is 0 Å². The zero-order valence-electron chi connectivity index (χ0n) is 8.06. The van der Waals surface area contributed by atoms with Gasteiger partial charge in [0.25, 0.3) is 0 Å². The third kappa shape index (κ3) is 2.56. The van der Waals surface area contributed by atoms with Crippen molar-refractivity contribution in [2.75, 3.05) is 6.54 Å². The van der Waals surface area contributed by atoms with Gasteiger partial charge in [-0.1, -0.05) is 6.07 Å². The summed E-state index contributed by atoms with van der Waals surface area (Å²) < 4.78 is 36.8. The van der Waals surface area contributed by atoms with Crippen LogP contribution in [-0.2, 0) is 6.18 Å². The number of nitrogens with two attached hydrogens (primary N) is 1. The maximum atomic E-state index is 12.3. The summed E-state index contributed by atoms with van der Waals surface area (Å²) in [7, 11) is 0. The fourth-order valence-electron chi connectivity index (χ4n) is 1.26. The highest BCUT2D eigenvalue weighted by molar-refractivity contribution is 5.98. The Morgan fingerprint density at radius 3 is 2.40 bits per heavy atom. The number of carbonyl (C=O) groups excluding carboxylic acids is 1. The molecule has 0 fully saturated rings. The van der Waals surface area contributed by atoms with Crippen LogP contribution in [0.4, 0.5) is 13.2 Å². The summed E-state index contributed by atoms with van der Waals surface area (Å²) >= 11 is 0. The van der Waals surface area contributed by atoms with E-state index in [0.29, 0.717) is 5.56 Å². The maximum absolute atomic E-state index is 12.3. The first-order chi connectivity index (χ1) is 6.86. The number of rotatable bonds is 2. The number of hydrogen-bond acceptors (Lipinski definition) is 2. The molecule has 15 heavy (non-hydrogen) atoms. The molecular weight excluding hydrogens is 207 g/mol. The van der Waals surface area contributed by atoms with Crippen molar-refractivity contribution in [1.29, 1.82) is 0 Å². The van der Waals surface area contributed by atoms with Crippen LogP contribution in [0.2, 0.25) is 0 Å². The van der Waals surface area contributed by atoms with Crippen LogP contribution in [0.15, 0.2) is 18.2 Å². The van der Waals surface area contributed by atoms with Crippen LogP contribution in [0.1, 0.15) is 21.5 Å². The minimum atomic E-state index is -4.38. The summed E-state index contributed by atoms with van der Waals surface area (Å²) in [5.41, 5.74) is 4.90. The van der Waals surface area contributed by atoms with E-state index in [9.17, 15) is 18.0 Å². The van der Waals surface area contributed by atoms with Gasteiger partial charge in [-0.05, 0) is 24.6 Å². The van der Waals surface area contributed by atoms with Gasteiger partial charge in [-0.2, -0.15) is 13.2 Å². The van der Waals surface area contributed by atoms with Crippen LogP contribution >= 0.6 is 0 Å². The first-order valence-electron chi connectivity index (χ1n) is 4.27. The van der Waals surface area contributed by atoms with E-state index in [1.54, 1.807) is 0 Å².